The number of nitrogens with one attached hydrogen (secondary N) is 1. The summed E-state index contributed by atoms with van der Waals surface area (Å²) >= 11 is 0. The molecule has 1 fully saturated rings. The summed E-state index contributed by atoms with van der Waals surface area (Å²) in [5.74, 6) is 1.69. The molecule has 1 atom stereocenters. The first-order chi connectivity index (χ1) is 10.3. The second-order valence-corrected chi connectivity index (χ2v) is 6.14. The molecular weight excluding hydrogens is 264 g/mol. The Kier molecular flexibility index (Phi) is 3.05. The number of nitrogens with zero attached hydrogens (tertiary/aromatic N) is 3. The number of fused-ring (bicyclic) bond motifs is 1. The van der Waals surface area contributed by atoms with E-state index >= 15 is 0 Å². The van der Waals surface area contributed by atoms with E-state index in [-0.39, 0.29) is 5.91 Å². The van der Waals surface area contributed by atoms with Crippen molar-refractivity contribution in [2.45, 2.75) is 38.3 Å². The molecule has 0 unspecified atom stereocenters. The zero-order valence-electron chi connectivity index (χ0n) is 12.0. The topological polar surface area (TPSA) is 51.9 Å². The van der Waals surface area contributed by atoms with Crippen LogP contribution < -0.4 is 5.32 Å². The highest BCUT2D eigenvalue weighted by Crippen LogP contribution is 2.36. The van der Waals surface area contributed by atoms with Gasteiger partial charge in [0.05, 0.1) is 0 Å². The number of rotatable bonds is 4. The molecule has 0 radical (unpaired) electrons. The second kappa shape index (κ2) is 5.06. The van der Waals surface area contributed by atoms with Crippen LogP contribution in [-0.4, -0.2) is 26.6 Å². The molecule has 2 aromatic rings. The van der Waals surface area contributed by atoms with Crippen molar-refractivity contribution in [3.8, 4) is 0 Å². The van der Waals surface area contributed by atoms with Crippen molar-refractivity contribution < 1.29 is 4.79 Å². The first-order valence-electron chi connectivity index (χ1n) is 7.76. The SMILES string of the molecule is O=C(NC[C@H]1CCn2ccnc2C1)c1cccn1C1CC1. The molecule has 1 aliphatic carbocycles. The maximum atomic E-state index is 12.3. The number of imidazole rings is 1. The third kappa shape index (κ3) is 2.48. The quantitative estimate of drug-likeness (QED) is 0.933. The molecular formula is C16H20N4O. The summed E-state index contributed by atoms with van der Waals surface area (Å²) in [6, 6.07) is 4.43. The molecule has 5 nitrogen and oxygen atoms in total. The van der Waals surface area contributed by atoms with Crippen molar-refractivity contribution in [1.82, 2.24) is 19.4 Å². The van der Waals surface area contributed by atoms with Crippen LogP contribution >= 0.6 is 0 Å². The van der Waals surface area contributed by atoms with Gasteiger partial charge in [0.25, 0.3) is 5.91 Å². The number of hydrogen-bond acceptors (Lipinski definition) is 2. The molecule has 5 heteroatoms. The van der Waals surface area contributed by atoms with Gasteiger partial charge < -0.3 is 14.5 Å². The molecule has 1 N–H and O–H groups in total. The third-order valence-electron chi connectivity index (χ3n) is 4.55. The van der Waals surface area contributed by atoms with Crippen molar-refractivity contribution in [2.24, 2.45) is 5.92 Å². The van der Waals surface area contributed by atoms with E-state index in [1.807, 2.05) is 30.7 Å². The van der Waals surface area contributed by atoms with Crippen molar-refractivity contribution in [1.29, 1.82) is 0 Å². The molecule has 4 rings (SSSR count). The van der Waals surface area contributed by atoms with Crippen LogP contribution in [0.5, 0.6) is 0 Å². The highest BCUT2D eigenvalue weighted by atomic mass is 16.1. The van der Waals surface area contributed by atoms with E-state index in [0.717, 1.165) is 37.4 Å². The van der Waals surface area contributed by atoms with Crippen LogP contribution in [0.15, 0.2) is 30.7 Å². The lowest BCUT2D eigenvalue weighted by molar-refractivity contribution is 0.0935. The Balaban J connectivity index is 1.36. The van der Waals surface area contributed by atoms with Gasteiger partial charge in [0.1, 0.15) is 11.5 Å². The second-order valence-electron chi connectivity index (χ2n) is 6.14. The molecule has 21 heavy (non-hydrogen) atoms. The van der Waals surface area contributed by atoms with E-state index in [1.54, 1.807) is 0 Å². The van der Waals surface area contributed by atoms with Gasteiger partial charge in [-0.1, -0.05) is 0 Å². The summed E-state index contributed by atoms with van der Waals surface area (Å²) in [6.45, 7) is 1.75. The maximum Gasteiger partial charge on any atom is 0.267 e. The molecule has 0 aromatic carbocycles. The number of hydrogen-bond donors (Lipinski definition) is 1. The van der Waals surface area contributed by atoms with Crippen LogP contribution in [0, 0.1) is 5.92 Å². The van der Waals surface area contributed by atoms with E-state index in [4.69, 9.17) is 0 Å². The molecule has 1 aliphatic heterocycles. The van der Waals surface area contributed by atoms with Crippen LogP contribution in [0.25, 0.3) is 0 Å². The van der Waals surface area contributed by atoms with Gasteiger partial charge in [-0.05, 0) is 37.3 Å². The van der Waals surface area contributed by atoms with Crippen LogP contribution in [-0.2, 0) is 13.0 Å². The Morgan fingerprint density at radius 2 is 2.24 bits per heavy atom. The Labute approximate surface area is 124 Å². The van der Waals surface area contributed by atoms with E-state index < -0.39 is 0 Å². The molecule has 1 saturated carbocycles. The summed E-state index contributed by atoms with van der Waals surface area (Å²) in [6.07, 6.45) is 10.4. The van der Waals surface area contributed by atoms with Crippen molar-refractivity contribution in [2.75, 3.05) is 6.54 Å². The van der Waals surface area contributed by atoms with Gasteiger partial charge >= 0.3 is 0 Å². The summed E-state index contributed by atoms with van der Waals surface area (Å²) in [5.41, 5.74) is 0.801. The zero-order valence-corrected chi connectivity index (χ0v) is 12.0. The molecule has 3 heterocycles. The van der Waals surface area contributed by atoms with Gasteiger partial charge in [0.15, 0.2) is 0 Å². The summed E-state index contributed by atoms with van der Waals surface area (Å²) in [7, 11) is 0. The van der Waals surface area contributed by atoms with Crippen LogP contribution in [0.4, 0.5) is 0 Å². The Hall–Kier alpha value is -2.04. The fraction of sp³-hybridized carbons (Fsp3) is 0.500. The summed E-state index contributed by atoms with van der Waals surface area (Å²) < 4.78 is 4.32. The number of amides is 1. The smallest absolute Gasteiger partial charge is 0.267 e. The van der Waals surface area contributed by atoms with Crippen molar-refractivity contribution in [3.63, 3.8) is 0 Å². The van der Waals surface area contributed by atoms with Crippen LogP contribution in [0.1, 0.15) is 41.6 Å². The minimum Gasteiger partial charge on any atom is -0.350 e. The molecule has 110 valence electrons. The van der Waals surface area contributed by atoms with Gasteiger partial charge in [0.2, 0.25) is 0 Å². The predicted molar refractivity (Wildman–Crippen MR) is 79.1 cm³/mol. The van der Waals surface area contributed by atoms with Gasteiger partial charge in [-0.25, -0.2) is 4.98 Å². The number of aryl methyl sites for hydroxylation is 1. The molecule has 0 spiro atoms. The van der Waals surface area contributed by atoms with Gasteiger partial charge in [-0.3, -0.25) is 4.79 Å². The van der Waals surface area contributed by atoms with E-state index in [2.05, 4.69) is 19.4 Å². The molecule has 2 aromatic heterocycles. The van der Waals surface area contributed by atoms with Crippen molar-refractivity contribution in [3.05, 3.63) is 42.2 Å². The fourth-order valence-corrected chi connectivity index (χ4v) is 3.17. The van der Waals surface area contributed by atoms with Crippen molar-refractivity contribution >= 4 is 5.91 Å². The minimum absolute atomic E-state index is 0.0563. The highest BCUT2D eigenvalue weighted by Gasteiger charge is 2.27. The first kappa shape index (κ1) is 12.7. The first-order valence-corrected chi connectivity index (χ1v) is 7.76. The molecule has 1 amide bonds. The minimum atomic E-state index is 0.0563. The Morgan fingerprint density at radius 1 is 1.33 bits per heavy atom. The third-order valence-corrected chi connectivity index (χ3v) is 4.55. The maximum absolute atomic E-state index is 12.3. The lowest BCUT2D eigenvalue weighted by atomic mass is 9.98. The average molecular weight is 284 g/mol. The van der Waals surface area contributed by atoms with Crippen LogP contribution in [0.2, 0.25) is 0 Å². The van der Waals surface area contributed by atoms with E-state index in [1.165, 1.54) is 12.8 Å². The lowest BCUT2D eigenvalue weighted by Gasteiger charge is -2.23. The molecule has 2 aliphatic rings. The largest absolute Gasteiger partial charge is 0.350 e. The standard InChI is InChI=1S/C16H20N4O/c21-16(14-2-1-7-20(14)13-3-4-13)18-11-12-5-8-19-9-6-17-15(19)10-12/h1-2,6-7,9,12-13H,3-5,8,10-11H2,(H,18,21)/t12-/m0/s1. The lowest BCUT2D eigenvalue weighted by Crippen LogP contribution is -2.34. The van der Waals surface area contributed by atoms with E-state index in [9.17, 15) is 4.79 Å². The Bertz CT molecular complexity index is 653. The summed E-state index contributed by atoms with van der Waals surface area (Å²) in [4.78, 5) is 16.7. The highest BCUT2D eigenvalue weighted by molar-refractivity contribution is 5.92. The van der Waals surface area contributed by atoms with E-state index in [0.29, 0.717) is 12.0 Å². The fourth-order valence-electron chi connectivity index (χ4n) is 3.17. The summed E-state index contributed by atoms with van der Waals surface area (Å²) in [5, 5.41) is 3.10. The normalized spacial score (nSPS) is 21.0. The Morgan fingerprint density at radius 3 is 3.10 bits per heavy atom. The van der Waals surface area contributed by atoms with Gasteiger partial charge in [0, 0.05) is 44.1 Å². The molecule has 0 saturated heterocycles. The predicted octanol–water partition coefficient (Wildman–Crippen LogP) is 2.01. The number of aromatic nitrogens is 3. The van der Waals surface area contributed by atoms with Gasteiger partial charge in [-0.15, -0.1) is 0 Å². The average Bonchev–Trinajstić information content (AvgIpc) is 3.04. The number of carbonyl (C=O) groups is 1. The van der Waals surface area contributed by atoms with Crippen LogP contribution in [0.3, 0.4) is 0 Å². The molecule has 0 bridgehead atoms. The monoisotopic (exact) mass is 284 g/mol. The zero-order chi connectivity index (χ0) is 14.2. The van der Waals surface area contributed by atoms with Gasteiger partial charge in [-0.2, -0.15) is 0 Å². The number of carbonyl (C=O) groups excluding carboxylic acids is 1.